The Morgan fingerprint density at radius 3 is 2.83 bits per heavy atom. The first-order chi connectivity index (χ1) is 11.6. The number of nitrogens with one attached hydrogen (secondary N) is 1. The second-order valence-electron chi connectivity index (χ2n) is 5.83. The molecule has 1 aromatic carbocycles. The van der Waals surface area contributed by atoms with E-state index in [0.29, 0.717) is 20.7 Å². The summed E-state index contributed by atoms with van der Waals surface area (Å²) in [6.45, 7) is 1.77. The molecule has 0 unspecified atom stereocenters. The molecule has 1 amide bonds. The van der Waals surface area contributed by atoms with Gasteiger partial charge in [-0.05, 0) is 31.9 Å². The molecule has 0 aliphatic heterocycles. The van der Waals surface area contributed by atoms with E-state index >= 15 is 0 Å². The number of thiophene rings is 1. The zero-order valence-electron chi connectivity index (χ0n) is 12.9. The van der Waals surface area contributed by atoms with Crippen LogP contribution < -0.4 is 10.9 Å². The number of carbonyl (C=O) groups is 1. The zero-order chi connectivity index (χ0) is 16.8. The number of nitrogens with zero attached hydrogens (tertiary/aromatic N) is 2. The summed E-state index contributed by atoms with van der Waals surface area (Å²) in [6, 6.07) is 6.19. The monoisotopic (exact) mass is 343 g/mol. The minimum absolute atomic E-state index is 0.104. The first kappa shape index (κ1) is 15.0. The van der Waals surface area contributed by atoms with E-state index in [1.165, 1.54) is 29.8 Å². The van der Waals surface area contributed by atoms with Crippen molar-refractivity contribution in [3.8, 4) is 0 Å². The molecule has 0 spiro atoms. The van der Waals surface area contributed by atoms with Crippen molar-refractivity contribution in [3.63, 3.8) is 0 Å². The molecule has 122 valence electrons. The number of hydrogen-bond donors (Lipinski definition) is 1. The average molecular weight is 343 g/mol. The van der Waals surface area contributed by atoms with Crippen molar-refractivity contribution >= 4 is 33.1 Å². The number of para-hydroxylation sites is 1. The second kappa shape index (κ2) is 5.52. The number of benzene rings is 1. The maximum absolute atomic E-state index is 13.7. The van der Waals surface area contributed by atoms with E-state index in [2.05, 4.69) is 10.3 Å². The molecule has 4 rings (SSSR count). The first-order valence-electron chi connectivity index (χ1n) is 7.62. The summed E-state index contributed by atoms with van der Waals surface area (Å²) in [6.07, 6.45) is 3.48. The predicted molar refractivity (Wildman–Crippen MR) is 91.2 cm³/mol. The van der Waals surface area contributed by atoms with Crippen LogP contribution in [-0.2, 0) is 0 Å². The largest absolute Gasteiger partial charge is 0.319 e. The van der Waals surface area contributed by atoms with E-state index in [1.54, 1.807) is 23.6 Å². The smallest absolute Gasteiger partial charge is 0.271 e. The van der Waals surface area contributed by atoms with Crippen LogP contribution in [0.1, 0.15) is 34.1 Å². The fraction of sp³-hybridized carbons (Fsp3) is 0.235. The van der Waals surface area contributed by atoms with Gasteiger partial charge in [-0.15, -0.1) is 11.3 Å². The van der Waals surface area contributed by atoms with Gasteiger partial charge in [0.25, 0.3) is 11.5 Å². The van der Waals surface area contributed by atoms with Gasteiger partial charge in [-0.25, -0.2) is 9.37 Å². The van der Waals surface area contributed by atoms with E-state index in [9.17, 15) is 14.0 Å². The summed E-state index contributed by atoms with van der Waals surface area (Å²) in [5.74, 6) is -0.966. The van der Waals surface area contributed by atoms with Gasteiger partial charge in [0.2, 0.25) is 0 Å². The number of fused-ring (bicyclic) bond motifs is 1. The maximum atomic E-state index is 13.7. The molecule has 5 nitrogen and oxygen atoms in total. The first-order valence-corrected chi connectivity index (χ1v) is 8.44. The number of amides is 1. The quantitative estimate of drug-likeness (QED) is 0.792. The third-order valence-electron chi connectivity index (χ3n) is 4.09. The van der Waals surface area contributed by atoms with Crippen LogP contribution >= 0.6 is 11.3 Å². The van der Waals surface area contributed by atoms with E-state index in [4.69, 9.17) is 0 Å². The van der Waals surface area contributed by atoms with Crippen molar-refractivity contribution in [1.82, 2.24) is 9.55 Å². The highest BCUT2D eigenvalue weighted by molar-refractivity contribution is 7.19. The Morgan fingerprint density at radius 1 is 1.38 bits per heavy atom. The molecule has 3 aromatic rings. The van der Waals surface area contributed by atoms with Gasteiger partial charge < -0.3 is 5.32 Å². The summed E-state index contributed by atoms with van der Waals surface area (Å²) >= 11 is 1.26. The standard InChI is InChI=1S/C17H14FN3O2S/c1-9-13(16(22)20-12-5-3-2-4-11(12)18)14-15(24-9)17(23)21(8-19-14)10-6-7-10/h2-5,8,10H,6-7H2,1H3,(H,20,22). The lowest BCUT2D eigenvalue weighted by atomic mass is 10.2. The van der Waals surface area contributed by atoms with Crippen LogP contribution in [0.15, 0.2) is 35.4 Å². The van der Waals surface area contributed by atoms with Crippen LogP contribution in [0.5, 0.6) is 0 Å². The Kier molecular flexibility index (Phi) is 3.45. The van der Waals surface area contributed by atoms with Gasteiger partial charge in [-0.1, -0.05) is 12.1 Å². The van der Waals surface area contributed by atoms with Crippen LogP contribution in [0.25, 0.3) is 10.2 Å². The topological polar surface area (TPSA) is 64.0 Å². The predicted octanol–water partition coefficient (Wildman–Crippen LogP) is 3.49. The second-order valence-corrected chi connectivity index (χ2v) is 7.06. The van der Waals surface area contributed by atoms with Gasteiger partial charge in [0.15, 0.2) is 0 Å². The minimum Gasteiger partial charge on any atom is -0.319 e. The number of carbonyl (C=O) groups excluding carboxylic acids is 1. The molecular formula is C17H14FN3O2S. The van der Waals surface area contributed by atoms with E-state index in [-0.39, 0.29) is 17.3 Å². The molecule has 0 radical (unpaired) electrons. The Morgan fingerprint density at radius 2 is 2.12 bits per heavy atom. The van der Waals surface area contributed by atoms with E-state index in [1.807, 2.05) is 0 Å². The van der Waals surface area contributed by atoms with Crippen molar-refractivity contribution < 1.29 is 9.18 Å². The third-order valence-corrected chi connectivity index (χ3v) is 5.17. The summed E-state index contributed by atoms with van der Waals surface area (Å²) in [7, 11) is 0. The molecule has 1 N–H and O–H groups in total. The third kappa shape index (κ3) is 2.41. The van der Waals surface area contributed by atoms with Crippen LogP contribution in [0.2, 0.25) is 0 Å². The number of aryl methyl sites for hydroxylation is 1. The summed E-state index contributed by atoms with van der Waals surface area (Å²) in [4.78, 5) is 30.2. The molecular weight excluding hydrogens is 329 g/mol. The number of halogens is 1. The van der Waals surface area contributed by atoms with E-state index < -0.39 is 11.7 Å². The van der Waals surface area contributed by atoms with Gasteiger partial charge in [-0.3, -0.25) is 14.2 Å². The number of rotatable bonds is 3. The normalized spacial score (nSPS) is 14.1. The van der Waals surface area contributed by atoms with Gasteiger partial charge in [0.05, 0.1) is 17.6 Å². The lowest BCUT2D eigenvalue weighted by molar-refractivity contribution is 0.102. The molecule has 1 fully saturated rings. The van der Waals surface area contributed by atoms with Gasteiger partial charge in [0.1, 0.15) is 16.0 Å². The lowest BCUT2D eigenvalue weighted by Gasteiger charge is -2.06. The van der Waals surface area contributed by atoms with Crippen molar-refractivity contribution in [2.75, 3.05) is 5.32 Å². The molecule has 0 saturated heterocycles. The Balaban J connectivity index is 1.78. The van der Waals surface area contributed by atoms with Crippen LogP contribution in [0.3, 0.4) is 0 Å². The van der Waals surface area contributed by atoms with Crippen molar-refractivity contribution in [3.05, 3.63) is 57.2 Å². The number of aromatic nitrogens is 2. The molecule has 1 saturated carbocycles. The lowest BCUT2D eigenvalue weighted by Crippen LogP contribution is -2.19. The zero-order valence-corrected chi connectivity index (χ0v) is 13.7. The Bertz CT molecular complexity index is 1020. The molecule has 1 aliphatic carbocycles. The molecule has 0 atom stereocenters. The molecule has 0 bridgehead atoms. The van der Waals surface area contributed by atoms with Crippen molar-refractivity contribution in [2.45, 2.75) is 25.8 Å². The molecule has 2 heterocycles. The minimum atomic E-state index is -0.507. The van der Waals surface area contributed by atoms with Gasteiger partial charge in [-0.2, -0.15) is 0 Å². The van der Waals surface area contributed by atoms with Crippen LogP contribution in [-0.4, -0.2) is 15.5 Å². The number of hydrogen-bond acceptors (Lipinski definition) is 4. The highest BCUT2D eigenvalue weighted by atomic mass is 32.1. The van der Waals surface area contributed by atoms with Crippen LogP contribution in [0.4, 0.5) is 10.1 Å². The fourth-order valence-electron chi connectivity index (χ4n) is 2.72. The fourth-order valence-corrected chi connectivity index (χ4v) is 3.76. The number of anilines is 1. The molecule has 1 aliphatic rings. The highest BCUT2D eigenvalue weighted by Gasteiger charge is 2.27. The highest BCUT2D eigenvalue weighted by Crippen LogP contribution is 2.34. The van der Waals surface area contributed by atoms with Gasteiger partial charge >= 0.3 is 0 Å². The average Bonchev–Trinajstić information content (AvgIpc) is 3.32. The van der Waals surface area contributed by atoms with Crippen molar-refractivity contribution in [2.24, 2.45) is 0 Å². The Hall–Kier alpha value is -2.54. The summed E-state index contributed by atoms with van der Waals surface area (Å²) in [5, 5.41) is 2.56. The maximum Gasteiger partial charge on any atom is 0.271 e. The van der Waals surface area contributed by atoms with Gasteiger partial charge in [0, 0.05) is 10.9 Å². The molecule has 7 heteroatoms. The summed E-state index contributed by atoms with van der Waals surface area (Å²) < 4.78 is 15.8. The SMILES string of the molecule is Cc1sc2c(=O)n(C3CC3)cnc2c1C(=O)Nc1ccccc1F. The molecule has 2 aromatic heterocycles. The van der Waals surface area contributed by atoms with Crippen molar-refractivity contribution in [1.29, 1.82) is 0 Å². The van der Waals surface area contributed by atoms with Crippen LogP contribution in [0, 0.1) is 12.7 Å². The molecule has 24 heavy (non-hydrogen) atoms. The Labute approximate surface area is 140 Å². The summed E-state index contributed by atoms with van der Waals surface area (Å²) in [5.41, 5.74) is 0.708. The van der Waals surface area contributed by atoms with E-state index in [0.717, 1.165) is 12.8 Å².